The third-order valence-corrected chi connectivity index (χ3v) is 0.766. The Bertz CT molecular complexity index is 95.8. The Morgan fingerprint density at radius 2 is 2.60 bits per heavy atom. The smallest absolute Gasteiger partial charge is 0.398 e. The second kappa shape index (κ2) is 0.329. The van der Waals surface area contributed by atoms with E-state index >= 15 is 0 Å². The van der Waals surface area contributed by atoms with Gasteiger partial charge in [0.05, 0.1) is 0 Å². The van der Waals surface area contributed by atoms with Crippen molar-refractivity contribution in [2.45, 2.75) is 0 Å². The molecule has 0 atom stereocenters. The Balaban J connectivity index is 2.58. The van der Waals surface area contributed by atoms with Gasteiger partial charge in [-0.2, -0.15) is 0 Å². The highest BCUT2D eigenvalue weighted by molar-refractivity contribution is 7.02. The molecule has 0 aromatic carbocycles. The number of nitrogens with zero attached hydrogens (tertiary/aromatic N) is 2. The van der Waals surface area contributed by atoms with Crippen LogP contribution in [0.2, 0.25) is 0 Å². The van der Waals surface area contributed by atoms with Crippen molar-refractivity contribution >= 4 is 20.7 Å². The van der Waals surface area contributed by atoms with Gasteiger partial charge in [-0.25, -0.2) is 0 Å². The summed E-state index contributed by atoms with van der Waals surface area (Å²) in [4.78, 5) is 3.81. The number of hydrogen-bond acceptors (Lipinski definition) is 2. The summed E-state index contributed by atoms with van der Waals surface area (Å²) in [6.45, 7) is 0. The average Bonchev–Trinajstić information content (AvgIpc) is 1.74. The van der Waals surface area contributed by atoms with Gasteiger partial charge in [-0.1, -0.05) is 0 Å². The maximum absolute atomic E-state index is 3.81. The number of hydrogen-bond donors (Lipinski definition) is 0. The van der Waals surface area contributed by atoms with Crippen LogP contribution in [0.25, 0.3) is 0 Å². The molecule has 4 heteroatoms. The van der Waals surface area contributed by atoms with E-state index < -0.39 is 0 Å². The van der Waals surface area contributed by atoms with Gasteiger partial charge in [0.25, 0.3) is 0 Å². The summed E-state index contributed by atoms with van der Waals surface area (Å²) in [5.74, 6) is 0. The molecule has 2 radical (unpaired) electrons. The predicted octanol–water partition coefficient (Wildman–Crippen LogP) is -1.18. The summed E-state index contributed by atoms with van der Waals surface area (Å²) in [5, 5.41) is 0. The Hall–Kier alpha value is -0.400. The SMILES string of the molecule is [B]1N=C2[B]N12. The van der Waals surface area contributed by atoms with Crippen LogP contribution in [0.15, 0.2) is 4.90 Å². The Kier molecular flexibility index (Phi) is 0.125. The first-order chi connectivity index (χ1) is 2.47. The van der Waals surface area contributed by atoms with Crippen LogP contribution in [0.4, 0.5) is 0 Å². The highest BCUT2D eigenvalue weighted by Crippen LogP contribution is 2.11. The molecule has 0 spiro atoms. The molecule has 0 aliphatic carbocycles. The minimum absolute atomic E-state index is 1.13. The van der Waals surface area contributed by atoms with Crippen LogP contribution < -0.4 is 0 Å². The first-order valence-corrected chi connectivity index (χ1v) is 1.51. The third kappa shape index (κ3) is 0.0820. The molecule has 0 aromatic heterocycles. The quantitative estimate of drug-likeness (QED) is 0.254. The van der Waals surface area contributed by atoms with Crippen LogP contribution in [0.3, 0.4) is 0 Å². The molecule has 0 unspecified atom stereocenters. The lowest BCUT2D eigenvalue weighted by Gasteiger charge is -1.98. The lowest BCUT2D eigenvalue weighted by molar-refractivity contribution is 1.11. The number of fused-ring (bicyclic) bond motifs is 1. The topological polar surface area (TPSA) is 15.4 Å². The van der Waals surface area contributed by atoms with Gasteiger partial charge < -0.3 is 9.63 Å². The van der Waals surface area contributed by atoms with Crippen molar-refractivity contribution < 1.29 is 0 Å². The summed E-state index contributed by atoms with van der Waals surface area (Å²) < 4.78 is 1.97. The first-order valence-electron chi connectivity index (χ1n) is 1.51. The molecule has 2 aliphatic rings. The van der Waals surface area contributed by atoms with Crippen LogP contribution >= 0.6 is 0 Å². The van der Waals surface area contributed by atoms with E-state index in [1.54, 1.807) is 7.55 Å². The van der Waals surface area contributed by atoms with E-state index in [-0.39, 0.29) is 0 Å². The van der Waals surface area contributed by atoms with E-state index in [1.807, 2.05) is 12.1 Å². The van der Waals surface area contributed by atoms with Gasteiger partial charge in [0, 0.05) is 5.73 Å². The zero-order valence-corrected chi connectivity index (χ0v) is 2.55. The van der Waals surface area contributed by atoms with Gasteiger partial charge in [-0.05, 0) is 0 Å². The molecule has 5 heavy (non-hydrogen) atoms. The maximum atomic E-state index is 3.81. The van der Waals surface area contributed by atoms with Crippen LogP contribution in [-0.2, 0) is 0 Å². The summed E-state index contributed by atoms with van der Waals surface area (Å²) in [5.41, 5.74) is 1.13. The van der Waals surface area contributed by atoms with E-state index in [4.69, 9.17) is 0 Å². The largest absolute Gasteiger partial charge is 0.438 e. The molecule has 2 heterocycles. The molecule has 1 fully saturated rings. The molecular weight excluding hydrogens is 61.6 g/mol. The van der Waals surface area contributed by atoms with Crippen molar-refractivity contribution in [3.63, 3.8) is 0 Å². The monoisotopic (exact) mass is 62.0 g/mol. The number of amidine groups is 1. The van der Waals surface area contributed by atoms with E-state index in [0.29, 0.717) is 0 Å². The van der Waals surface area contributed by atoms with Crippen molar-refractivity contribution in [1.82, 2.24) is 4.72 Å². The van der Waals surface area contributed by atoms with Crippen LogP contribution in [0, 0.1) is 0 Å². The number of rotatable bonds is 0. The fraction of sp³-hybridized carbons (Fsp3) is 0. The van der Waals surface area contributed by atoms with Crippen LogP contribution in [0.1, 0.15) is 0 Å². The summed E-state index contributed by atoms with van der Waals surface area (Å²) in [6.07, 6.45) is 0. The van der Waals surface area contributed by atoms with E-state index in [9.17, 15) is 0 Å². The summed E-state index contributed by atoms with van der Waals surface area (Å²) >= 11 is 0. The molecule has 0 bridgehead atoms. The molecule has 2 rings (SSSR count). The van der Waals surface area contributed by atoms with Gasteiger partial charge in [0.2, 0.25) is 0 Å². The first kappa shape index (κ1) is 1.90. The molecule has 0 saturated carbocycles. The van der Waals surface area contributed by atoms with Crippen molar-refractivity contribution in [3.8, 4) is 0 Å². The fourth-order valence-corrected chi connectivity index (χ4v) is 0.353. The second-order valence-corrected chi connectivity index (χ2v) is 1.14. The molecule has 0 amide bonds. The van der Waals surface area contributed by atoms with Gasteiger partial charge in [0.1, 0.15) is 0 Å². The van der Waals surface area contributed by atoms with Gasteiger partial charge >= 0.3 is 15.0 Å². The minimum atomic E-state index is 1.13. The minimum Gasteiger partial charge on any atom is -0.438 e. The zero-order valence-electron chi connectivity index (χ0n) is 2.55. The molecule has 20 valence electrons. The van der Waals surface area contributed by atoms with Crippen molar-refractivity contribution in [2.24, 2.45) is 4.90 Å². The summed E-state index contributed by atoms with van der Waals surface area (Å²) in [7, 11) is 3.76. The lowest BCUT2D eigenvalue weighted by atomic mass is 10.1. The average molecular weight is 61.6 g/mol. The van der Waals surface area contributed by atoms with Gasteiger partial charge in [-0.15, -0.1) is 0 Å². The normalized spacial score (nSPS) is 24.0. The van der Waals surface area contributed by atoms with Crippen molar-refractivity contribution in [1.29, 1.82) is 0 Å². The molecule has 0 aromatic rings. The Morgan fingerprint density at radius 3 is 2.60 bits per heavy atom. The molecule has 2 nitrogen and oxygen atoms in total. The van der Waals surface area contributed by atoms with E-state index in [0.717, 1.165) is 5.73 Å². The molecular formula is CB2N2. The van der Waals surface area contributed by atoms with Crippen LogP contribution in [0.5, 0.6) is 0 Å². The highest BCUT2D eigenvalue weighted by atomic mass is 15.3. The molecule has 2 aliphatic heterocycles. The molecule has 1 saturated heterocycles. The summed E-state index contributed by atoms with van der Waals surface area (Å²) in [6, 6.07) is 0. The fourth-order valence-electron chi connectivity index (χ4n) is 0.353. The Morgan fingerprint density at radius 1 is 1.80 bits per heavy atom. The van der Waals surface area contributed by atoms with Crippen molar-refractivity contribution in [3.05, 3.63) is 0 Å². The second-order valence-electron chi connectivity index (χ2n) is 1.14. The predicted molar refractivity (Wildman–Crippen MR) is 20.8 cm³/mol. The van der Waals surface area contributed by atoms with Crippen molar-refractivity contribution in [2.75, 3.05) is 0 Å². The maximum Gasteiger partial charge on any atom is 0.398 e. The molecule has 0 N–H and O–H groups in total. The highest BCUT2D eigenvalue weighted by Gasteiger charge is 2.37. The van der Waals surface area contributed by atoms with Crippen LogP contribution in [-0.4, -0.2) is 25.4 Å². The Labute approximate surface area is 31.4 Å². The lowest BCUT2D eigenvalue weighted by Crippen LogP contribution is -2.11. The van der Waals surface area contributed by atoms with Gasteiger partial charge in [-0.3, -0.25) is 0 Å². The van der Waals surface area contributed by atoms with E-state index in [1.165, 1.54) is 0 Å². The zero-order chi connectivity index (χ0) is 3.28. The van der Waals surface area contributed by atoms with E-state index in [2.05, 4.69) is 4.90 Å². The van der Waals surface area contributed by atoms with Gasteiger partial charge in [0.15, 0.2) is 0 Å². The third-order valence-electron chi connectivity index (χ3n) is 0.766. The standard InChI is InChI=1S/CB2N2/c2-1-4-3-5(1)2.